The van der Waals surface area contributed by atoms with Gasteiger partial charge in [-0.3, -0.25) is 0 Å². The zero-order chi connectivity index (χ0) is 14.0. The molecule has 0 saturated carbocycles. The average Bonchev–Trinajstić information content (AvgIpc) is 2.28. The summed E-state index contributed by atoms with van der Waals surface area (Å²) in [5.41, 5.74) is 0. The number of benzene rings is 1. The van der Waals surface area contributed by atoms with Crippen molar-refractivity contribution in [1.82, 2.24) is 4.98 Å². The number of nitrogens with one attached hydrogen (secondary N) is 1. The number of hydrogen-bond donors (Lipinski definition) is 1. The van der Waals surface area contributed by atoms with E-state index in [0.717, 1.165) is 15.2 Å². The summed E-state index contributed by atoms with van der Waals surface area (Å²) in [5, 5.41) is 5.17. The van der Waals surface area contributed by atoms with E-state index < -0.39 is 9.84 Å². The Morgan fingerprint density at radius 2 is 2.05 bits per heavy atom. The van der Waals surface area contributed by atoms with Crippen LogP contribution in [0.15, 0.2) is 34.9 Å². The first-order chi connectivity index (χ1) is 8.87. The molecule has 0 fully saturated rings. The van der Waals surface area contributed by atoms with Crippen LogP contribution in [0, 0.1) is 0 Å². The third-order valence-electron chi connectivity index (χ3n) is 2.69. The number of rotatable bonds is 4. The predicted octanol–water partition coefficient (Wildman–Crippen LogP) is 2.84. The average molecular weight is 343 g/mol. The minimum absolute atomic E-state index is 0.0824. The molecule has 2 rings (SSSR count). The number of pyridine rings is 1. The number of halogens is 1. The zero-order valence-corrected chi connectivity index (χ0v) is 13.1. The van der Waals surface area contributed by atoms with Gasteiger partial charge in [0.25, 0.3) is 0 Å². The zero-order valence-electron chi connectivity index (χ0n) is 10.7. The molecule has 102 valence electrons. The molecule has 4 nitrogen and oxygen atoms in total. The summed E-state index contributed by atoms with van der Waals surface area (Å²) in [5.74, 6) is 0.786. The van der Waals surface area contributed by atoms with Crippen LogP contribution < -0.4 is 5.32 Å². The van der Waals surface area contributed by atoms with Crippen molar-refractivity contribution in [2.45, 2.75) is 13.0 Å². The summed E-state index contributed by atoms with van der Waals surface area (Å²) < 4.78 is 23.6. The van der Waals surface area contributed by atoms with Gasteiger partial charge in [0.15, 0.2) is 0 Å². The Hall–Kier alpha value is -1.14. The Bertz CT molecular complexity index is 701. The Morgan fingerprint density at radius 1 is 1.32 bits per heavy atom. The molecule has 0 aliphatic heterocycles. The van der Waals surface area contributed by atoms with Crippen LogP contribution in [-0.2, 0) is 9.84 Å². The molecule has 6 heteroatoms. The first-order valence-electron chi connectivity index (χ1n) is 5.84. The van der Waals surface area contributed by atoms with Gasteiger partial charge in [-0.05, 0) is 19.1 Å². The van der Waals surface area contributed by atoms with E-state index in [1.165, 1.54) is 6.26 Å². The molecule has 19 heavy (non-hydrogen) atoms. The van der Waals surface area contributed by atoms with E-state index in [1.54, 1.807) is 6.20 Å². The molecule has 0 aliphatic carbocycles. The van der Waals surface area contributed by atoms with Gasteiger partial charge in [0, 0.05) is 33.7 Å². The van der Waals surface area contributed by atoms with Gasteiger partial charge in [-0.25, -0.2) is 13.4 Å². The number of sulfone groups is 1. The van der Waals surface area contributed by atoms with Crippen molar-refractivity contribution in [1.29, 1.82) is 0 Å². The van der Waals surface area contributed by atoms with Crippen LogP contribution in [-0.4, -0.2) is 31.5 Å². The number of hydrogen-bond acceptors (Lipinski definition) is 4. The van der Waals surface area contributed by atoms with E-state index in [-0.39, 0.29) is 11.8 Å². The van der Waals surface area contributed by atoms with Gasteiger partial charge < -0.3 is 5.32 Å². The van der Waals surface area contributed by atoms with E-state index >= 15 is 0 Å². The molecule has 1 atom stereocenters. The van der Waals surface area contributed by atoms with Gasteiger partial charge in [0.1, 0.15) is 15.7 Å². The lowest BCUT2D eigenvalue weighted by molar-refractivity contribution is 0.598. The highest BCUT2D eigenvalue weighted by molar-refractivity contribution is 9.10. The molecule has 0 aliphatic rings. The minimum Gasteiger partial charge on any atom is -0.366 e. The molecule has 0 spiro atoms. The van der Waals surface area contributed by atoms with Gasteiger partial charge in [-0.15, -0.1) is 0 Å². The standard InChI is InChI=1S/C13H15BrN2O2S/c1-9(8-19(2,17)18)16-13-11-4-3-5-12(14)10(11)6-7-15-13/h3-7,9H,8H2,1-2H3,(H,15,16). The van der Waals surface area contributed by atoms with Crippen molar-refractivity contribution in [2.75, 3.05) is 17.3 Å². The third-order valence-corrected chi connectivity index (χ3v) is 4.49. The molecule has 1 heterocycles. The molecular formula is C13H15BrN2O2S. The van der Waals surface area contributed by atoms with Gasteiger partial charge >= 0.3 is 0 Å². The molecule has 0 amide bonds. The van der Waals surface area contributed by atoms with Crippen LogP contribution in [0.25, 0.3) is 10.8 Å². The summed E-state index contributed by atoms with van der Waals surface area (Å²) in [7, 11) is -3.00. The lowest BCUT2D eigenvalue weighted by Gasteiger charge is -2.15. The molecule has 1 N–H and O–H groups in total. The fourth-order valence-electron chi connectivity index (χ4n) is 2.01. The second-order valence-corrected chi connectivity index (χ2v) is 7.67. The number of nitrogens with zero attached hydrogens (tertiary/aromatic N) is 1. The number of anilines is 1. The lowest BCUT2D eigenvalue weighted by atomic mass is 10.1. The van der Waals surface area contributed by atoms with Crippen molar-refractivity contribution in [3.05, 3.63) is 34.9 Å². The van der Waals surface area contributed by atoms with E-state index in [9.17, 15) is 8.42 Å². The van der Waals surface area contributed by atoms with Crippen molar-refractivity contribution in [2.24, 2.45) is 0 Å². The summed E-state index contributed by atoms with van der Waals surface area (Å²) in [4.78, 5) is 4.29. The maximum absolute atomic E-state index is 11.3. The highest BCUT2D eigenvalue weighted by Crippen LogP contribution is 2.27. The molecule has 1 aromatic heterocycles. The summed E-state index contributed by atoms with van der Waals surface area (Å²) in [6, 6.07) is 7.59. The Balaban J connectivity index is 2.33. The molecule has 0 bridgehead atoms. The molecule has 1 unspecified atom stereocenters. The molecule has 0 radical (unpaired) electrons. The quantitative estimate of drug-likeness (QED) is 0.927. The Kier molecular flexibility index (Phi) is 4.10. The number of aromatic nitrogens is 1. The summed E-state index contributed by atoms with van der Waals surface area (Å²) >= 11 is 3.49. The van der Waals surface area contributed by atoms with Crippen LogP contribution in [0.2, 0.25) is 0 Å². The Labute approximate surface area is 121 Å². The maximum Gasteiger partial charge on any atom is 0.149 e. The first kappa shape index (κ1) is 14.3. The van der Waals surface area contributed by atoms with Crippen molar-refractivity contribution >= 4 is 42.4 Å². The third kappa shape index (κ3) is 3.67. The monoisotopic (exact) mass is 342 g/mol. The van der Waals surface area contributed by atoms with Crippen molar-refractivity contribution in [3.8, 4) is 0 Å². The first-order valence-corrected chi connectivity index (χ1v) is 8.69. The fourth-order valence-corrected chi connectivity index (χ4v) is 3.50. The van der Waals surface area contributed by atoms with Gasteiger partial charge in [0.2, 0.25) is 0 Å². The van der Waals surface area contributed by atoms with E-state index in [0.29, 0.717) is 5.82 Å². The molecule has 0 saturated heterocycles. The Morgan fingerprint density at radius 3 is 2.74 bits per heavy atom. The second-order valence-electron chi connectivity index (χ2n) is 4.63. The van der Waals surface area contributed by atoms with E-state index in [1.807, 2.05) is 31.2 Å². The minimum atomic E-state index is -3.00. The highest BCUT2D eigenvalue weighted by Gasteiger charge is 2.12. The van der Waals surface area contributed by atoms with Gasteiger partial charge in [0.05, 0.1) is 5.75 Å². The SMILES string of the molecule is CC(CS(C)(=O)=O)Nc1nccc2c(Br)cccc12. The largest absolute Gasteiger partial charge is 0.366 e. The lowest BCUT2D eigenvalue weighted by Crippen LogP contribution is -2.25. The van der Waals surface area contributed by atoms with Crippen LogP contribution >= 0.6 is 15.9 Å². The molecular weight excluding hydrogens is 328 g/mol. The highest BCUT2D eigenvalue weighted by atomic mass is 79.9. The van der Waals surface area contributed by atoms with E-state index in [4.69, 9.17) is 0 Å². The van der Waals surface area contributed by atoms with Crippen molar-refractivity contribution < 1.29 is 8.42 Å². The van der Waals surface area contributed by atoms with Crippen LogP contribution in [0.4, 0.5) is 5.82 Å². The van der Waals surface area contributed by atoms with Gasteiger partial charge in [-0.1, -0.05) is 28.1 Å². The predicted molar refractivity (Wildman–Crippen MR) is 82.2 cm³/mol. The van der Waals surface area contributed by atoms with Crippen LogP contribution in [0.5, 0.6) is 0 Å². The fraction of sp³-hybridized carbons (Fsp3) is 0.308. The van der Waals surface area contributed by atoms with E-state index in [2.05, 4.69) is 26.2 Å². The van der Waals surface area contributed by atoms with Crippen molar-refractivity contribution in [3.63, 3.8) is 0 Å². The topological polar surface area (TPSA) is 59.1 Å². The molecule has 1 aromatic carbocycles. The van der Waals surface area contributed by atoms with Gasteiger partial charge in [-0.2, -0.15) is 0 Å². The maximum atomic E-state index is 11.3. The number of fused-ring (bicyclic) bond motifs is 1. The summed E-state index contributed by atoms with van der Waals surface area (Å²) in [6.45, 7) is 1.83. The summed E-state index contributed by atoms with van der Waals surface area (Å²) in [6.07, 6.45) is 2.95. The normalized spacial score (nSPS) is 13.4. The second kappa shape index (κ2) is 5.46. The smallest absolute Gasteiger partial charge is 0.149 e. The molecule has 2 aromatic rings. The van der Waals surface area contributed by atoms with Crippen LogP contribution in [0.3, 0.4) is 0 Å². The van der Waals surface area contributed by atoms with Crippen LogP contribution in [0.1, 0.15) is 6.92 Å².